The van der Waals surface area contributed by atoms with Gasteiger partial charge in [0.1, 0.15) is 11.7 Å². The van der Waals surface area contributed by atoms with Crippen molar-refractivity contribution in [2.24, 2.45) is 11.3 Å². The highest BCUT2D eigenvalue weighted by atomic mass is 16.2. The van der Waals surface area contributed by atoms with E-state index < -0.39 is 51.8 Å². The van der Waals surface area contributed by atoms with Crippen molar-refractivity contribution < 1.29 is 33.6 Å². The molecule has 1 aromatic carbocycles. The molecule has 0 aliphatic heterocycles. The lowest BCUT2D eigenvalue weighted by atomic mass is 9.75. The van der Waals surface area contributed by atoms with E-state index in [1.165, 1.54) is 0 Å². The maximum absolute atomic E-state index is 12.7. The van der Waals surface area contributed by atoms with Crippen LogP contribution in [-0.2, 0) is 14.4 Å². The van der Waals surface area contributed by atoms with Gasteiger partial charge in [0.05, 0.1) is 0 Å². The van der Waals surface area contributed by atoms with Crippen LogP contribution >= 0.6 is 0 Å². The van der Waals surface area contributed by atoms with Gasteiger partial charge >= 0.3 is 0 Å². The number of ketones is 7. The first-order chi connectivity index (χ1) is 11.6. The van der Waals surface area contributed by atoms with Crippen LogP contribution in [0.4, 0.5) is 0 Å². The fourth-order valence-electron chi connectivity index (χ4n) is 3.58. The number of fused-ring (bicyclic) bond motifs is 2. The van der Waals surface area contributed by atoms with Crippen molar-refractivity contribution in [3.8, 4) is 0 Å². The molecule has 0 unspecified atom stereocenters. The first-order valence-electron chi connectivity index (χ1n) is 7.45. The third kappa shape index (κ3) is 1.77. The average molecular weight is 340 g/mol. The van der Waals surface area contributed by atoms with Gasteiger partial charge in [0, 0.05) is 22.3 Å². The largest absolute Gasteiger partial charge is 0.299 e. The van der Waals surface area contributed by atoms with Gasteiger partial charge in [-0.3, -0.25) is 33.6 Å². The van der Waals surface area contributed by atoms with E-state index in [2.05, 4.69) is 0 Å². The first kappa shape index (κ1) is 16.8. The predicted octanol–water partition coefficient (Wildman–Crippen LogP) is 0.814. The smallest absolute Gasteiger partial charge is 0.212 e. The third-order valence-corrected chi connectivity index (χ3v) is 4.85. The molecule has 0 saturated heterocycles. The van der Waals surface area contributed by atoms with Crippen LogP contribution in [0.3, 0.4) is 0 Å². The number of benzene rings is 1. The molecule has 0 heterocycles. The molecule has 0 fully saturated rings. The highest BCUT2D eigenvalue weighted by Crippen LogP contribution is 2.41. The molecule has 3 rings (SSSR count). The molecular formula is C18H12O7. The highest BCUT2D eigenvalue weighted by Gasteiger charge is 2.61. The van der Waals surface area contributed by atoms with Crippen LogP contribution in [0.25, 0.3) is 0 Å². The van der Waals surface area contributed by atoms with Gasteiger partial charge in [-0.05, 0) is 32.9 Å². The molecule has 2 aliphatic carbocycles. The number of Topliss-reactive ketones (excluding diaryl/α,β-unsaturated/α-hetero) is 7. The lowest BCUT2D eigenvalue weighted by Gasteiger charge is -2.18. The average Bonchev–Trinajstić information content (AvgIpc) is 2.89. The van der Waals surface area contributed by atoms with Gasteiger partial charge in [-0.2, -0.15) is 0 Å². The number of hydrogen-bond acceptors (Lipinski definition) is 7. The number of carbonyl (C=O) groups excluding carboxylic acids is 7. The van der Waals surface area contributed by atoms with Crippen LogP contribution in [0.15, 0.2) is 12.1 Å². The summed E-state index contributed by atoms with van der Waals surface area (Å²) in [6.45, 7) is 3.05. The molecule has 1 aromatic rings. The fraction of sp³-hybridized carbons (Fsp3) is 0.278. The summed E-state index contributed by atoms with van der Waals surface area (Å²) in [6, 6.07) is 2.09. The van der Waals surface area contributed by atoms with Gasteiger partial charge in [0.15, 0.2) is 34.7 Å². The quantitative estimate of drug-likeness (QED) is 0.747. The summed E-state index contributed by atoms with van der Waals surface area (Å²) in [5.74, 6) is -7.43. The van der Waals surface area contributed by atoms with Crippen molar-refractivity contribution in [2.75, 3.05) is 0 Å². The number of carbonyl (C=O) groups is 7. The molecule has 126 valence electrons. The Kier molecular flexibility index (Phi) is 3.32. The second kappa shape index (κ2) is 4.95. The van der Waals surface area contributed by atoms with E-state index in [1.807, 2.05) is 0 Å². The van der Waals surface area contributed by atoms with E-state index in [0.29, 0.717) is 0 Å². The molecular weight excluding hydrogens is 328 g/mol. The van der Waals surface area contributed by atoms with E-state index in [1.54, 1.807) is 0 Å². The van der Waals surface area contributed by atoms with Crippen molar-refractivity contribution in [1.82, 2.24) is 0 Å². The maximum atomic E-state index is 12.7. The molecule has 0 aromatic heterocycles. The summed E-state index contributed by atoms with van der Waals surface area (Å²) >= 11 is 0. The van der Waals surface area contributed by atoms with Crippen molar-refractivity contribution in [2.45, 2.75) is 20.8 Å². The van der Waals surface area contributed by atoms with Gasteiger partial charge in [0.2, 0.25) is 5.41 Å². The van der Waals surface area contributed by atoms with Gasteiger partial charge in [-0.15, -0.1) is 0 Å². The topological polar surface area (TPSA) is 119 Å². The van der Waals surface area contributed by atoms with Crippen LogP contribution in [0.1, 0.15) is 62.2 Å². The van der Waals surface area contributed by atoms with Crippen molar-refractivity contribution in [3.05, 3.63) is 34.4 Å². The molecule has 0 saturated carbocycles. The van der Waals surface area contributed by atoms with Crippen LogP contribution in [0.2, 0.25) is 0 Å². The second-order valence-electron chi connectivity index (χ2n) is 6.24. The molecule has 0 N–H and O–H groups in total. The summed E-state index contributed by atoms with van der Waals surface area (Å²) in [6.07, 6.45) is 0. The third-order valence-electron chi connectivity index (χ3n) is 4.85. The Morgan fingerprint density at radius 1 is 0.720 bits per heavy atom. The fourth-order valence-corrected chi connectivity index (χ4v) is 3.58. The minimum absolute atomic E-state index is 0.145. The van der Waals surface area contributed by atoms with Crippen molar-refractivity contribution in [3.63, 3.8) is 0 Å². The van der Waals surface area contributed by atoms with Crippen LogP contribution in [0.5, 0.6) is 0 Å². The van der Waals surface area contributed by atoms with E-state index in [-0.39, 0.29) is 22.3 Å². The predicted molar refractivity (Wildman–Crippen MR) is 81.7 cm³/mol. The minimum Gasteiger partial charge on any atom is -0.299 e. The van der Waals surface area contributed by atoms with Gasteiger partial charge in [-0.25, -0.2) is 0 Å². The SMILES string of the molecule is CC(=O)C1C(=O)c2cc3c(cc2C1=O)C(=O)C(C(C)=O)(C(C)=O)C3=O. The normalized spacial score (nSPS) is 18.4. The molecule has 0 radical (unpaired) electrons. The molecule has 7 heteroatoms. The van der Waals surface area contributed by atoms with Crippen molar-refractivity contribution in [1.29, 1.82) is 0 Å². The zero-order valence-corrected chi connectivity index (χ0v) is 13.6. The second-order valence-corrected chi connectivity index (χ2v) is 6.24. The molecule has 7 nitrogen and oxygen atoms in total. The Labute approximate surface area is 141 Å². The molecule has 2 aliphatic rings. The lowest BCUT2D eigenvalue weighted by Crippen LogP contribution is -2.46. The zero-order valence-electron chi connectivity index (χ0n) is 13.6. The summed E-state index contributed by atoms with van der Waals surface area (Å²) in [5.41, 5.74) is -3.25. The lowest BCUT2D eigenvalue weighted by molar-refractivity contribution is -0.132. The summed E-state index contributed by atoms with van der Waals surface area (Å²) in [7, 11) is 0. The van der Waals surface area contributed by atoms with E-state index in [9.17, 15) is 33.6 Å². The van der Waals surface area contributed by atoms with Crippen LogP contribution < -0.4 is 0 Å². The summed E-state index contributed by atoms with van der Waals surface area (Å²) < 4.78 is 0. The van der Waals surface area contributed by atoms with Crippen LogP contribution in [0, 0.1) is 11.3 Å². The van der Waals surface area contributed by atoms with Crippen LogP contribution in [-0.4, -0.2) is 40.5 Å². The van der Waals surface area contributed by atoms with E-state index >= 15 is 0 Å². The number of hydrogen-bond donors (Lipinski definition) is 0. The summed E-state index contributed by atoms with van der Waals surface area (Å²) in [4.78, 5) is 85.5. The summed E-state index contributed by atoms with van der Waals surface area (Å²) in [5, 5.41) is 0. The Bertz CT molecular complexity index is 893. The maximum Gasteiger partial charge on any atom is 0.212 e. The zero-order chi connectivity index (χ0) is 18.8. The van der Waals surface area contributed by atoms with Gasteiger partial charge < -0.3 is 0 Å². The van der Waals surface area contributed by atoms with E-state index in [4.69, 9.17) is 0 Å². The minimum atomic E-state index is -2.45. The van der Waals surface area contributed by atoms with Gasteiger partial charge in [0.25, 0.3) is 0 Å². The Hall–Kier alpha value is -3.09. The Balaban J connectivity index is 2.28. The van der Waals surface area contributed by atoms with E-state index in [0.717, 1.165) is 32.9 Å². The van der Waals surface area contributed by atoms with Crippen molar-refractivity contribution >= 4 is 40.5 Å². The number of rotatable bonds is 3. The first-order valence-corrected chi connectivity index (χ1v) is 7.45. The molecule has 0 spiro atoms. The standard InChI is InChI=1S/C18H12O7/c1-6(19)13-14(22)9-4-11-12(5-10(9)15(13)23)17(25)18(7(2)20,8(3)21)16(11)24/h4-5,13H,1-3H3. The Morgan fingerprint density at radius 2 is 1.08 bits per heavy atom. The monoisotopic (exact) mass is 340 g/mol. The molecule has 0 amide bonds. The highest BCUT2D eigenvalue weighted by molar-refractivity contribution is 6.49. The van der Waals surface area contributed by atoms with Gasteiger partial charge in [-0.1, -0.05) is 0 Å². The molecule has 0 atom stereocenters. The molecule has 25 heavy (non-hydrogen) atoms. The molecule has 0 bridgehead atoms. The Morgan fingerprint density at radius 3 is 1.36 bits per heavy atom.